The van der Waals surface area contributed by atoms with Crippen LogP contribution < -0.4 is 16.0 Å². The SMILES string of the molecule is FC1(CNC2CCNC2)CCNC1. The lowest BCUT2D eigenvalue weighted by atomic mass is 10.1. The van der Waals surface area contributed by atoms with Gasteiger partial charge in [-0.05, 0) is 25.9 Å². The fraction of sp³-hybridized carbons (Fsp3) is 1.00. The predicted molar refractivity (Wildman–Crippen MR) is 50.6 cm³/mol. The van der Waals surface area contributed by atoms with Crippen LogP contribution in [0.5, 0.6) is 0 Å². The Kier molecular flexibility index (Phi) is 2.81. The first-order valence-electron chi connectivity index (χ1n) is 5.12. The Balaban J connectivity index is 1.71. The van der Waals surface area contributed by atoms with Crippen LogP contribution in [0.2, 0.25) is 0 Å². The summed E-state index contributed by atoms with van der Waals surface area (Å²) in [6, 6.07) is 0.480. The quantitative estimate of drug-likeness (QED) is 0.565. The molecule has 2 aliphatic heterocycles. The molecule has 0 radical (unpaired) electrons. The molecule has 76 valence electrons. The number of alkyl halides is 1. The first-order valence-corrected chi connectivity index (χ1v) is 5.12. The molecule has 0 bridgehead atoms. The number of halogens is 1. The van der Waals surface area contributed by atoms with Gasteiger partial charge in [0.15, 0.2) is 0 Å². The van der Waals surface area contributed by atoms with Crippen LogP contribution in [0.3, 0.4) is 0 Å². The maximum absolute atomic E-state index is 13.8. The van der Waals surface area contributed by atoms with Crippen molar-refractivity contribution < 1.29 is 4.39 Å². The normalized spacial score (nSPS) is 39.9. The van der Waals surface area contributed by atoms with E-state index in [4.69, 9.17) is 0 Å². The van der Waals surface area contributed by atoms with Gasteiger partial charge in [-0.1, -0.05) is 0 Å². The highest BCUT2D eigenvalue weighted by molar-refractivity contribution is 4.92. The Morgan fingerprint density at radius 2 is 2.31 bits per heavy atom. The van der Waals surface area contributed by atoms with E-state index in [-0.39, 0.29) is 0 Å². The topological polar surface area (TPSA) is 36.1 Å². The zero-order valence-corrected chi connectivity index (χ0v) is 7.91. The Labute approximate surface area is 78.5 Å². The molecule has 0 aromatic heterocycles. The van der Waals surface area contributed by atoms with Gasteiger partial charge in [0.2, 0.25) is 0 Å². The number of hydrogen-bond donors (Lipinski definition) is 3. The van der Waals surface area contributed by atoms with Gasteiger partial charge in [-0.3, -0.25) is 0 Å². The van der Waals surface area contributed by atoms with E-state index in [2.05, 4.69) is 16.0 Å². The van der Waals surface area contributed by atoms with Crippen LogP contribution in [0.15, 0.2) is 0 Å². The van der Waals surface area contributed by atoms with E-state index in [1.54, 1.807) is 0 Å². The van der Waals surface area contributed by atoms with Crippen LogP contribution in [-0.4, -0.2) is 44.4 Å². The molecule has 3 nitrogen and oxygen atoms in total. The third-order valence-electron chi connectivity index (χ3n) is 2.96. The second kappa shape index (κ2) is 3.90. The Hall–Kier alpha value is -0.190. The van der Waals surface area contributed by atoms with E-state index in [0.717, 1.165) is 26.1 Å². The second-order valence-corrected chi connectivity index (χ2v) is 4.15. The molecular weight excluding hydrogens is 169 g/mol. The van der Waals surface area contributed by atoms with Crippen LogP contribution in [-0.2, 0) is 0 Å². The van der Waals surface area contributed by atoms with Crippen molar-refractivity contribution >= 4 is 0 Å². The zero-order valence-electron chi connectivity index (χ0n) is 7.91. The Bertz CT molecular complexity index is 162. The summed E-state index contributed by atoms with van der Waals surface area (Å²) in [6.07, 6.45) is 1.78. The average molecular weight is 187 g/mol. The van der Waals surface area contributed by atoms with E-state index in [9.17, 15) is 4.39 Å². The fourth-order valence-corrected chi connectivity index (χ4v) is 2.02. The van der Waals surface area contributed by atoms with Crippen LogP contribution in [0.4, 0.5) is 4.39 Å². The number of hydrogen-bond acceptors (Lipinski definition) is 3. The Morgan fingerprint density at radius 1 is 1.38 bits per heavy atom. The van der Waals surface area contributed by atoms with E-state index in [0.29, 0.717) is 25.6 Å². The summed E-state index contributed by atoms with van der Waals surface area (Å²) < 4.78 is 13.8. The monoisotopic (exact) mass is 187 g/mol. The van der Waals surface area contributed by atoms with Gasteiger partial charge in [0.05, 0.1) is 0 Å². The van der Waals surface area contributed by atoms with Crippen molar-refractivity contribution in [3.8, 4) is 0 Å². The first-order chi connectivity index (χ1) is 6.29. The molecule has 0 amide bonds. The highest BCUT2D eigenvalue weighted by Gasteiger charge is 2.33. The molecule has 4 heteroatoms. The predicted octanol–water partition coefficient (Wildman–Crippen LogP) is -0.360. The standard InChI is InChI=1S/C9H18FN3/c10-9(2-4-12-6-9)7-13-8-1-3-11-5-8/h8,11-13H,1-7H2. The maximum atomic E-state index is 13.8. The molecule has 0 aliphatic carbocycles. The second-order valence-electron chi connectivity index (χ2n) is 4.15. The molecule has 0 spiro atoms. The molecule has 2 atom stereocenters. The summed E-state index contributed by atoms with van der Waals surface area (Å²) in [5.41, 5.74) is -0.997. The molecule has 0 saturated carbocycles. The molecule has 3 N–H and O–H groups in total. The van der Waals surface area contributed by atoms with E-state index < -0.39 is 5.67 Å². The van der Waals surface area contributed by atoms with Gasteiger partial charge in [0.1, 0.15) is 5.67 Å². The summed E-state index contributed by atoms with van der Waals surface area (Å²) in [4.78, 5) is 0. The summed E-state index contributed by atoms with van der Waals surface area (Å²) in [6.45, 7) is 3.90. The minimum Gasteiger partial charge on any atom is -0.315 e. The van der Waals surface area contributed by atoms with E-state index in [1.165, 1.54) is 0 Å². The lowest BCUT2D eigenvalue weighted by Gasteiger charge is -2.21. The maximum Gasteiger partial charge on any atom is 0.136 e. The minimum atomic E-state index is -0.997. The van der Waals surface area contributed by atoms with E-state index >= 15 is 0 Å². The van der Waals surface area contributed by atoms with Gasteiger partial charge in [-0.15, -0.1) is 0 Å². The van der Waals surface area contributed by atoms with Crippen LogP contribution in [0.25, 0.3) is 0 Å². The van der Waals surface area contributed by atoms with Crippen LogP contribution in [0, 0.1) is 0 Å². The summed E-state index contributed by atoms with van der Waals surface area (Å²) in [5.74, 6) is 0. The zero-order chi connectivity index (χ0) is 9.15. The van der Waals surface area contributed by atoms with Crippen molar-refractivity contribution in [1.29, 1.82) is 0 Å². The molecule has 2 aliphatic rings. The van der Waals surface area contributed by atoms with Gasteiger partial charge < -0.3 is 16.0 Å². The molecule has 2 unspecified atom stereocenters. The van der Waals surface area contributed by atoms with Gasteiger partial charge in [0.25, 0.3) is 0 Å². The van der Waals surface area contributed by atoms with Gasteiger partial charge in [-0.25, -0.2) is 4.39 Å². The van der Waals surface area contributed by atoms with Crippen LogP contribution >= 0.6 is 0 Å². The third kappa shape index (κ3) is 2.39. The Morgan fingerprint density at radius 3 is 2.92 bits per heavy atom. The summed E-state index contributed by atoms with van der Waals surface area (Å²) in [5, 5.41) is 9.60. The fourth-order valence-electron chi connectivity index (χ4n) is 2.02. The summed E-state index contributed by atoms with van der Waals surface area (Å²) >= 11 is 0. The highest BCUT2D eigenvalue weighted by Crippen LogP contribution is 2.18. The van der Waals surface area contributed by atoms with Crippen molar-refractivity contribution in [3.05, 3.63) is 0 Å². The number of rotatable bonds is 3. The van der Waals surface area contributed by atoms with Gasteiger partial charge in [0, 0.05) is 25.7 Å². The van der Waals surface area contributed by atoms with E-state index in [1.807, 2.05) is 0 Å². The molecule has 2 saturated heterocycles. The molecule has 0 aromatic carbocycles. The molecule has 2 fully saturated rings. The molecule has 2 heterocycles. The smallest absolute Gasteiger partial charge is 0.136 e. The van der Waals surface area contributed by atoms with Crippen molar-refractivity contribution in [3.63, 3.8) is 0 Å². The third-order valence-corrected chi connectivity index (χ3v) is 2.96. The first kappa shape index (κ1) is 9.37. The lowest BCUT2D eigenvalue weighted by molar-refractivity contribution is 0.180. The van der Waals surface area contributed by atoms with Gasteiger partial charge in [-0.2, -0.15) is 0 Å². The minimum absolute atomic E-state index is 0.480. The van der Waals surface area contributed by atoms with Crippen molar-refractivity contribution in [2.75, 3.05) is 32.7 Å². The van der Waals surface area contributed by atoms with Crippen LogP contribution in [0.1, 0.15) is 12.8 Å². The molecule has 13 heavy (non-hydrogen) atoms. The highest BCUT2D eigenvalue weighted by atomic mass is 19.1. The number of nitrogens with one attached hydrogen (secondary N) is 3. The van der Waals surface area contributed by atoms with Crippen molar-refractivity contribution in [1.82, 2.24) is 16.0 Å². The van der Waals surface area contributed by atoms with Crippen molar-refractivity contribution in [2.24, 2.45) is 0 Å². The van der Waals surface area contributed by atoms with Crippen molar-refractivity contribution in [2.45, 2.75) is 24.6 Å². The average Bonchev–Trinajstić information content (AvgIpc) is 2.72. The lowest BCUT2D eigenvalue weighted by Crippen LogP contribution is -2.43. The summed E-state index contributed by atoms with van der Waals surface area (Å²) in [7, 11) is 0. The molecule has 0 aromatic rings. The molecule has 2 rings (SSSR count). The van der Waals surface area contributed by atoms with Gasteiger partial charge >= 0.3 is 0 Å². The largest absolute Gasteiger partial charge is 0.315 e. The molecular formula is C9H18FN3.